The highest BCUT2D eigenvalue weighted by Gasteiger charge is 2.01. The average Bonchev–Trinajstić information content (AvgIpc) is 2.16. The Morgan fingerprint density at radius 1 is 1.31 bits per heavy atom. The molecule has 0 aliphatic carbocycles. The van der Waals surface area contributed by atoms with Crippen LogP contribution in [-0.2, 0) is 6.42 Å². The molecule has 0 amide bonds. The molecular formula is C11H16O2. The second-order valence-corrected chi connectivity index (χ2v) is 3.00. The average molecular weight is 180 g/mol. The van der Waals surface area contributed by atoms with Crippen LogP contribution < -0.4 is 4.74 Å². The molecule has 2 nitrogen and oxygen atoms in total. The monoisotopic (exact) mass is 180 g/mol. The lowest BCUT2D eigenvalue weighted by molar-refractivity contribution is 0.299. The van der Waals surface area contributed by atoms with E-state index in [0.29, 0.717) is 12.4 Å². The first-order valence-corrected chi connectivity index (χ1v) is 4.72. The predicted octanol–water partition coefficient (Wildman–Crippen LogP) is 2.74. The standard InChI is InChI=1S/C11H16O2/c1-3-7-13-11-6-5-9(4-2)8-10(11)12/h5-6,8,12H,3-4,7H2,1-2H3. The van der Waals surface area contributed by atoms with Crippen molar-refractivity contribution in [3.63, 3.8) is 0 Å². The topological polar surface area (TPSA) is 29.5 Å². The number of aryl methyl sites for hydroxylation is 1. The Bertz CT molecular complexity index is 269. The van der Waals surface area contributed by atoms with Crippen LogP contribution in [0.1, 0.15) is 25.8 Å². The van der Waals surface area contributed by atoms with E-state index in [2.05, 4.69) is 6.92 Å². The summed E-state index contributed by atoms with van der Waals surface area (Å²) in [6.07, 6.45) is 1.89. The molecule has 0 spiro atoms. The van der Waals surface area contributed by atoms with Gasteiger partial charge < -0.3 is 9.84 Å². The molecule has 1 aromatic carbocycles. The molecule has 0 bridgehead atoms. The van der Waals surface area contributed by atoms with E-state index < -0.39 is 0 Å². The van der Waals surface area contributed by atoms with Crippen LogP contribution in [0, 0.1) is 0 Å². The van der Waals surface area contributed by atoms with Crippen LogP contribution in [0.4, 0.5) is 0 Å². The smallest absolute Gasteiger partial charge is 0.160 e. The molecule has 0 fully saturated rings. The first-order valence-electron chi connectivity index (χ1n) is 4.72. The summed E-state index contributed by atoms with van der Waals surface area (Å²) in [5.74, 6) is 0.826. The van der Waals surface area contributed by atoms with E-state index in [1.165, 1.54) is 0 Å². The van der Waals surface area contributed by atoms with Gasteiger partial charge in [-0.25, -0.2) is 0 Å². The zero-order chi connectivity index (χ0) is 9.68. The molecule has 0 atom stereocenters. The van der Waals surface area contributed by atoms with Crippen LogP contribution in [0.2, 0.25) is 0 Å². The largest absolute Gasteiger partial charge is 0.504 e. The van der Waals surface area contributed by atoms with E-state index >= 15 is 0 Å². The van der Waals surface area contributed by atoms with Gasteiger partial charge in [0.25, 0.3) is 0 Å². The molecule has 1 aromatic rings. The van der Waals surface area contributed by atoms with E-state index in [1.54, 1.807) is 6.07 Å². The Hall–Kier alpha value is -1.18. The number of ether oxygens (including phenoxy) is 1. The minimum absolute atomic E-state index is 0.243. The zero-order valence-corrected chi connectivity index (χ0v) is 8.21. The molecule has 13 heavy (non-hydrogen) atoms. The van der Waals surface area contributed by atoms with Gasteiger partial charge in [0, 0.05) is 0 Å². The third kappa shape index (κ3) is 2.65. The van der Waals surface area contributed by atoms with E-state index in [0.717, 1.165) is 18.4 Å². The predicted molar refractivity (Wildman–Crippen MR) is 53.3 cm³/mol. The highest BCUT2D eigenvalue weighted by Crippen LogP contribution is 2.26. The molecule has 1 rings (SSSR count). The van der Waals surface area contributed by atoms with Gasteiger partial charge in [0.15, 0.2) is 11.5 Å². The van der Waals surface area contributed by atoms with Crippen molar-refractivity contribution in [3.05, 3.63) is 23.8 Å². The van der Waals surface area contributed by atoms with Crippen molar-refractivity contribution in [1.29, 1.82) is 0 Å². The SMILES string of the molecule is CCCOc1ccc(CC)cc1O. The van der Waals surface area contributed by atoms with Gasteiger partial charge in [-0.1, -0.05) is 19.9 Å². The van der Waals surface area contributed by atoms with E-state index in [1.807, 2.05) is 19.1 Å². The second-order valence-electron chi connectivity index (χ2n) is 3.00. The number of hydrogen-bond donors (Lipinski definition) is 1. The molecule has 0 heterocycles. The van der Waals surface area contributed by atoms with Crippen molar-refractivity contribution in [2.75, 3.05) is 6.61 Å². The van der Waals surface area contributed by atoms with E-state index in [-0.39, 0.29) is 5.75 Å². The second kappa shape index (κ2) is 4.75. The third-order valence-corrected chi connectivity index (χ3v) is 1.89. The van der Waals surface area contributed by atoms with Crippen LogP contribution in [0.15, 0.2) is 18.2 Å². The molecule has 0 saturated carbocycles. The lowest BCUT2D eigenvalue weighted by atomic mass is 10.1. The van der Waals surface area contributed by atoms with Gasteiger partial charge in [-0.2, -0.15) is 0 Å². The molecule has 0 aliphatic heterocycles. The number of phenolic OH excluding ortho intramolecular Hbond substituents is 1. The van der Waals surface area contributed by atoms with Gasteiger partial charge in [-0.3, -0.25) is 0 Å². The first kappa shape index (κ1) is 9.90. The highest BCUT2D eigenvalue weighted by atomic mass is 16.5. The molecule has 72 valence electrons. The van der Waals surface area contributed by atoms with Crippen molar-refractivity contribution in [2.45, 2.75) is 26.7 Å². The van der Waals surface area contributed by atoms with E-state index in [9.17, 15) is 5.11 Å². The summed E-state index contributed by atoms with van der Waals surface area (Å²) in [5.41, 5.74) is 1.13. The number of hydrogen-bond acceptors (Lipinski definition) is 2. The maximum absolute atomic E-state index is 9.52. The number of phenols is 1. The Morgan fingerprint density at radius 2 is 2.08 bits per heavy atom. The van der Waals surface area contributed by atoms with Crippen LogP contribution >= 0.6 is 0 Å². The van der Waals surface area contributed by atoms with Gasteiger partial charge in [-0.15, -0.1) is 0 Å². The van der Waals surface area contributed by atoms with Crippen LogP contribution in [-0.4, -0.2) is 11.7 Å². The van der Waals surface area contributed by atoms with Gasteiger partial charge in [-0.05, 0) is 30.5 Å². The molecule has 2 heteroatoms. The maximum Gasteiger partial charge on any atom is 0.160 e. The number of benzene rings is 1. The van der Waals surface area contributed by atoms with Crippen molar-refractivity contribution in [3.8, 4) is 11.5 Å². The highest BCUT2D eigenvalue weighted by molar-refractivity contribution is 5.41. The third-order valence-electron chi connectivity index (χ3n) is 1.89. The zero-order valence-electron chi connectivity index (χ0n) is 8.21. The van der Waals surface area contributed by atoms with Gasteiger partial charge >= 0.3 is 0 Å². The first-order chi connectivity index (χ1) is 6.27. The van der Waals surface area contributed by atoms with Crippen LogP contribution in [0.25, 0.3) is 0 Å². The minimum atomic E-state index is 0.243. The summed E-state index contributed by atoms with van der Waals surface area (Å²) in [4.78, 5) is 0. The fraction of sp³-hybridized carbons (Fsp3) is 0.455. The van der Waals surface area contributed by atoms with E-state index in [4.69, 9.17) is 4.74 Å². The maximum atomic E-state index is 9.52. The van der Waals surface area contributed by atoms with Gasteiger partial charge in [0.05, 0.1) is 6.61 Å². The Labute approximate surface area is 79.2 Å². The fourth-order valence-corrected chi connectivity index (χ4v) is 1.12. The molecular weight excluding hydrogens is 164 g/mol. The summed E-state index contributed by atoms with van der Waals surface area (Å²) >= 11 is 0. The molecule has 0 aromatic heterocycles. The summed E-state index contributed by atoms with van der Waals surface area (Å²) in [7, 11) is 0. The van der Waals surface area contributed by atoms with Crippen molar-refractivity contribution in [1.82, 2.24) is 0 Å². The van der Waals surface area contributed by atoms with Crippen LogP contribution in [0.5, 0.6) is 11.5 Å². The van der Waals surface area contributed by atoms with Gasteiger partial charge in [0.1, 0.15) is 0 Å². The fourth-order valence-electron chi connectivity index (χ4n) is 1.12. The summed E-state index contributed by atoms with van der Waals surface area (Å²) in [6.45, 7) is 4.75. The summed E-state index contributed by atoms with van der Waals surface area (Å²) in [6, 6.07) is 5.56. The van der Waals surface area contributed by atoms with Crippen molar-refractivity contribution >= 4 is 0 Å². The Kier molecular flexibility index (Phi) is 3.62. The van der Waals surface area contributed by atoms with Crippen molar-refractivity contribution < 1.29 is 9.84 Å². The Morgan fingerprint density at radius 3 is 2.62 bits per heavy atom. The summed E-state index contributed by atoms with van der Waals surface area (Å²) < 4.78 is 5.34. The van der Waals surface area contributed by atoms with Gasteiger partial charge in [0.2, 0.25) is 0 Å². The van der Waals surface area contributed by atoms with Crippen molar-refractivity contribution in [2.24, 2.45) is 0 Å². The number of aromatic hydroxyl groups is 1. The Balaban J connectivity index is 2.73. The molecule has 0 aliphatic rings. The molecule has 0 saturated heterocycles. The minimum Gasteiger partial charge on any atom is -0.504 e. The molecule has 0 unspecified atom stereocenters. The lowest BCUT2D eigenvalue weighted by Crippen LogP contribution is -1.95. The van der Waals surface area contributed by atoms with Crippen LogP contribution in [0.3, 0.4) is 0 Å². The number of rotatable bonds is 4. The quantitative estimate of drug-likeness (QED) is 0.772. The lowest BCUT2D eigenvalue weighted by Gasteiger charge is -2.07. The molecule has 0 radical (unpaired) electrons. The summed E-state index contributed by atoms with van der Waals surface area (Å²) in [5, 5.41) is 9.52. The molecule has 1 N–H and O–H groups in total. The normalized spacial score (nSPS) is 10.0.